The lowest BCUT2D eigenvalue weighted by Crippen LogP contribution is -2.30. The average molecular weight is 295 g/mol. The zero-order valence-electron chi connectivity index (χ0n) is 12.0. The summed E-state index contributed by atoms with van der Waals surface area (Å²) in [5.41, 5.74) is 1.21. The van der Waals surface area contributed by atoms with E-state index in [1.54, 1.807) is 0 Å². The molecule has 1 aliphatic heterocycles. The van der Waals surface area contributed by atoms with E-state index in [0.29, 0.717) is 11.5 Å². The largest absolute Gasteiger partial charge is 0.478 e. The predicted octanol–water partition coefficient (Wildman–Crippen LogP) is 2.97. The van der Waals surface area contributed by atoms with E-state index in [0.717, 1.165) is 43.2 Å². The zero-order valence-corrected chi connectivity index (χ0v) is 12.8. The van der Waals surface area contributed by atoms with Gasteiger partial charge in [-0.15, -0.1) is 11.8 Å². The number of carboxylic acids is 1. The van der Waals surface area contributed by atoms with Crippen LogP contribution < -0.4 is 4.90 Å². The second-order valence-electron chi connectivity index (χ2n) is 5.10. The molecule has 1 aromatic carbocycles. The Morgan fingerprint density at radius 2 is 2.15 bits per heavy atom. The van der Waals surface area contributed by atoms with Gasteiger partial charge in [0.2, 0.25) is 0 Å². The van der Waals surface area contributed by atoms with Crippen molar-refractivity contribution in [2.75, 3.05) is 38.0 Å². The molecule has 0 unspecified atom stereocenters. The van der Waals surface area contributed by atoms with Crippen LogP contribution >= 0.6 is 11.8 Å². The molecule has 1 aromatic rings. The maximum atomic E-state index is 11.5. The van der Waals surface area contributed by atoms with Gasteiger partial charge in [0.15, 0.2) is 0 Å². The molecular weight excluding hydrogens is 274 g/mol. The Balaban J connectivity index is 2.19. The molecule has 2 rings (SSSR count). The molecule has 110 valence electrons. The third-order valence-electron chi connectivity index (χ3n) is 3.72. The van der Waals surface area contributed by atoms with Crippen molar-refractivity contribution in [2.24, 2.45) is 5.92 Å². The first-order valence-corrected chi connectivity index (χ1v) is 8.05. The summed E-state index contributed by atoms with van der Waals surface area (Å²) in [5.74, 6) is -0.280. The fourth-order valence-corrected chi connectivity index (χ4v) is 3.25. The molecule has 0 radical (unpaired) electrons. The van der Waals surface area contributed by atoms with Crippen molar-refractivity contribution >= 4 is 23.4 Å². The molecule has 1 aliphatic rings. The Kier molecular flexibility index (Phi) is 5.31. The van der Waals surface area contributed by atoms with Crippen LogP contribution in [-0.4, -0.2) is 44.1 Å². The van der Waals surface area contributed by atoms with E-state index in [4.69, 9.17) is 4.74 Å². The number of nitrogens with zero attached hydrogens (tertiary/aromatic N) is 1. The van der Waals surface area contributed by atoms with E-state index in [-0.39, 0.29) is 0 Å². The fourth-order valence-electron chi connectivity index (χ4n) is 2.64. The van der Waals surface area contributed by atoms with Crippen LogP contribution in [0.2, 0.25) is 0 Å². The van der Waals surface area contributed by atoms with Gasteiger partial charge in [-0.3, -0.25) is 0 Å². The fraction of sp³-hybridized carbons (Fsp3) is 0.533. The molecule has 0 aromatic heterocycles. The molecular formula is C15H21NO3S. The Bertz CT molecular complexity index is 472. The molecule has 1 heterocycles. The van der Waals surface area contributed by atoms with Gasteiger partial charge in [-0.05, 0) is 37.1 Å². The number of ether oxygens (including phenoxy) is 1. The van der Waals surface area contributed by atoms with Crippen molar-refractivity contribution < 1.29 is 14.6 Å². The third kappa shape index (κ3) is 3.46. The number of aromatic carboxylic acids is 1. The van der Waals surface area contributed by atoms with E-state index >= 15 is 0 Å². The summed E-state index contributed by atoms with van der Waals surface area (Å²) in [6, 6.07) is 5.68. The van der Waals surface area contributed by atoms with Crippen LogP contribution in [0.5, 0.6) is 0 Å². The Labute approximate surface area is 124 Å². The first-order valence-electron chi connectivity index (χ1n) is 6.82. The van der Waals surface area contributed by atoms with Crippen molar-refractivity contribution in [3.8, 4) is 0 Å². The molecule has 1 saturated heterocycles. The first-order chi connectivity index (χ1) is 9.63. The van der Waals surface area contributed by atoms with Crippen molar-refractivity contribution in [1.29, 1.82) is 0 Å². The molecule has 0 amide bonds. The van der Waals surface area contributed by atoms with E-state index in [1.165, 1.54) is 11.8 Å². The minimum atomic E-state index is -0.858. The van der Waals surface area contributed by atoms with Crippen LogP contribution in [0.15, 0.2) is 23.1 Å². The van der Waals surface area contributed by atoms with E-state index in [1.807, 2.05) is 31.5 Å². The Morgan fingerprint density at radius 3 is 2.75 bits per heavy atom. The van der Waals surface area contributed by atoms with Crippen LogP contribution in [-0.2, 0) is 4.74 Å². The van der Waals surface area contributed by atoms with Crippen molar-refractivity contribution in [3.63, 3.8) is 0 Å². The predicted molar refractivity (Wildman–Crippen MR) is 82.0 cm³/mol. The number of carbonyl (C=O) groups is 1. The lowest BCUT2D eigenvalue weighted by molar-refractivity contribution is 0.0676. The Hall–Kier alpha value is -1.20. The monoisotopic (exact) mass is 295 g/mol. The number of hydrogen-bond donors (Lipinski definition) is 1. The van der Waals surface area contributed by atoms with Gasteiger partial charge in [0.25, 0.3) is 0 Å². The SMILES string of the molecule is CSc1cccc(N(C)CC2CCOCC2)c1C(=O)O. The number of rotatable bonds is 5. The average Bonchev–Trinajstić information content (AvgIpc) is 2.47. The van der Waals surface area contributed by atoms with Crippen molar-refractivity contribution in [2.45, 2.75) is 17.7 Å². The maximum absolute atomic E-state index is 11.5. The minimum Gasteiger partial charge on any atom is -0.478 e. The third-order valence-corrected chi connectivity index (χ3v) is 4.50. The van der Waals surface area contributed by atoms with E-state index in [2.05, 4.69) is 4.90 Å². The second-order valence-corrected chi connectivity index (χ2v) is 5.94. The number of thioether (sulfide) groups is 1. The normalized spacial score (nSPS) is 16.1. The van der Waals surface area contributed by atoms with Gasteiger partial charge in [-0.2, -0.15) is 0 Å². The molecule has 1 fully saturated rings. The highest BCUT2D eigenvalue weighted by Gasteiger charge is 2.21. The van der Waals surface area contributed by atoms with E-state index < -0.39 is 5.97 Å². The van der Waals surface area contributed by atoms with Crippen LogP contribution in [0.3, 0.4) is 0 Å². The summed E-state index contributed by atoms with van der Waals surface area (Å²) in [6.07, 6.45) is 4.01. The molecule has 0 spiro atoms. The first kappa shape index (κ1) is 15.2. The zero-order chi connectivity index (χ0) is 14.5. The molecule has 0 aliphatic carbocycles. The van der Waals surface area contributed by atoms with Gasteiger partial charge >= 0.3 is 5.97 Å². The standard InChI is InChI=1S/C15H21NO3S/c1-16(10-11-6-8-19-9-7-11)12-4-3-5-13(20-2)14(12)15(17)18/h3-5,11H,6-10H2,1-2H3,(H,17,18). The summed E-state index contributed by atoms with van der Waals surface area (Å²) in [5, 5.41) is 9.47. The molecule has 4 nitrogen and oxygen atoms in total. The molecule has 20 heavy (non-hydrogen) atoms. The second kappa shape index (κ2) is 6.99. The molecule has 0 bridgehead atoms. The van der Waals surface area contributed by atoms with E-state index in [9.17, 15) is 9.90 Å². The summed E-state index contributed by atoms with van der Waals surface area (Å²) >= 11 is 1.47. The summed E-state index contributed by atoms with van der Waals surface area (Å²) in [6.45, 7) is 2.51. The summed E-state index contributed by atoms with van der Waals surface area (Å²) in [7, 11) is 1.97. The summed E-state index contributed by atoms with van der Waals surface area (Å²) in [4.78, 5) is 14.4. The van der Waals surface area contributed by atoms with Crippen LogP contribution in [0, 0.1) is 5.92 Å². The van der Waals surface area contributed by atoms with Crippen LogP contribution in [0.4, 0.5) is 5.69 Å². The quantitative estimate of drug-likeness (QED) is 0.846. The molecule has 0 saturated carbocycles. The highest BCUT2D eigenvalue weighted by molar-refractivity contribution is 7.98. The van der Waals surface area contributed by atoms with Gasteiger partial charge in [0.05, 0.1) is 11.3 Å². The maximum Gasteiger partial charge on any atom is 0.338 e. The topological polar surface area (TPSA) is 49.8 Å². The van der Waals surface area contributed by atoms with Crippen molar-refractivity contribution in [3.05, 3.63) is 23.8 Å². The smallest absolute Gasteiger partial charge is 0.338 e. The number of anilines is 1. The Morgan fingerprint density at radius 1 is 1.45 bits per heavy atom. The number of hydrogen-bond acceptors (Lipinski definition) is 4. The van der Waals surface area contributed by atoms with Crippen LogP contribution in [0.1, 0.15) is 23.2 Å². The molecule has 5 heteroatoms. The lowest BCUT2D eigenvalue weighted by Gasteiger charge is -2.29. The highest BCUT2D eigenvalue weighted by Crippen LogP contribution is 2.30. The number of carboxylic acid groups (broad SMARTS) is 1. The lowest BCUT2D eigenvalue weighted by atomic mass is 9.99. The van der Waals surface area contributed by atoms with Gasteiger partial charge in [-0.25, -0.2) is 4.79 Å². The van der Waals surface area contributed by atoms with Gasteiger partial charge in [0.1, 0.15) is 0 Å². The summed E-state index contributed by atoms with van der Waals surface area (Å²) < 4.78 is 5.37. The van der Waals surface area contributed by atoms with Gasteiger partial charge in [-0.1, -0.05) is 6.07 Å². The highest BCUT2D eigenvalue weighted by atomic mass is 32.2. The van der Waals surface area contributed by atoms with Crippen LogP contribution in [0.25, 0.3) is 0 Å². The molecule has 1 N–H and O–H groups in total. The van der Waals surface area contributed by atoms with Gasteiger partial charge < -0.3 is 14.7 Å². The molecule has 0 atom stereocenters. The van der Waals surface area contributed by atoms with Crippen molar-refractivity contribution in [1.82, 2.24) is 0 Å². The minimum absolute atomic E-state index is 0.412. The number of benzene rings is 1. The van der Waals surface area contributed by atoms with Gasteiger partial charge in [0, 0.05) is 31.7 Å².